The molecule has 5 rings (SSSR count). The molecule has 3 heterocycles. The molecule has 0 radical (unpaired) electrons. The molecule has 0 saturated carbocycles. The van der Waals surface area contributed by atoms with Crippen LogP contribution < -0.4 is 10.6 Å². The zero-order valence-electron chi connectivity index (χ0n) is 29.3. The van der Waals surface area contributed by atoms with E-state index in [1.807, 2.05) is 58.9 Å². The van der Waals surface area contributed by atoms with Gasteiger partial charge in [-0.1, -0.05) is 62.7 Å². The van der Waals surface area contributed by atoms with E-state index in [0.717, 1.165) is 11.1 Å². The number of Topliss-reactive ketones (excluding diaryl/α,β-unsaturated/α-hetero) is 1. The molecule has 266 valence electrons. The van der Waals surface area contributed by atoms with Crippen LogP contribution in [0.4, 0.5) is 0 Å². The molecule has 2 saturated heterocycles. The summed E-state index contributed by atoms with van der Waals surface area (Å²) in [6.07, 6.45) is 1.37. The lowest BCUT2D eigenvalue weighted by Gasteiger charge is -2.31. The predicted molar refractivity (Wildman–Crippen MR) is 183 cm³/mol. The van der Waals surface area contributed by atoms with Crippen LogP contribution >= 0.6 is 0 Å². The largest absolute Gasteiger partial charge is 0.378 e. The molecular weight excluding hydrogens is 640 g/mol. The molecule has 1 aromatic heterocycles. The Labute approximate surface area is 292 Å². The number of hydrogen-bond acceptors (Lipinski definition) is 9. The van der Waals surface area contributed by atoms with E-state index >= 15 is 0 Å². The number of benzene rings is 2. The molecule has 2 N–H and O–H groups in total. The summed E-state index contributed by atoms with van der Waals surface area (Å²) in [5.41, 5.74) is 2.83. The van der Waals surface area contributed by atoms with Gasteiger partial charge in [-0.25, -0.2) is 0 Å². The molecule has 0 spiro atoms. The summed E-state index contributed by atoms with van der Waals surface area (Å²) in [5.74, 6) is -2.31. The van der Waals surface area contributed by atoms with Crippen LogP contribution in [0.2, 0.25) is 0 Å². The molecule has 50 heavy (non-hydrogen) atoms. The number of aromatic nitrogens is 2. The van der Waals surface area contributed by atoms with Gasteiger partial charge in [-0.05, 0) is 61.4 Å². The Bertz CT molecular complexity index is 1700. The van der Waals surface area contributed by atoms with E-state index in [-0.39, 0.29) is 29.5 Å². The van der Waals surface area contributed by atoms with Crippen LogP contribution in [0, 0.1) is 18.8 Å². The number of nitrogens with one attached hydrogen (secondary N) is 2. The Morgan fingerprint density at radius 3 is 2.22 bits per heavy atom. The first-order chi connectivity index (χ1) is 23.9. The Morgan fingerprint density at radius 1 is 0.880 bits per heavy atom. The van der Waals surface area contributed by atoms with Crippen molar-refractivity contribution >= 4 is 29.4 Å². The topological polar surface area (TPSA) is 164 Å². The van der Waals surface area contributed by atoms with Gasteiger partial charge in [-0.3, -0.25) is 24.0 Å². The number of aryl methyl sites for hydroxylation is 1. The molecule has 0 bridgehead atoms. The maximum absolute atomic E-state index is 13.9. The van der Waals surface area contributed by atoms with Crippen LogP contribution in [0.15, 0.2) is 53.1 Å². The number of ether oxygens (including phenoxy) is 1. The summed E-state index contributed by atoms with van der Waals surface area (Å²) >= 11 is 0. The number of rotatable bonds is 12. The van der Waals surface area contributed by atoms with Crippen molar-refractivity contribution in [1.82, 2.24) is 30.6 Å². The molecule has 13 heteroatoms. The summed E-state index contributed by atoms with van der Waals surface area (Å²) in [5, 5.41) is 9.60. The number of hydrogen-bond donors (Lipinski definition) is 2. The highest BCUT2D eigenvalue weighted by atomic mass is 16.5. The molecule has 3 atom stereocenters. The van der Waals surface area contributed by atoms with Gasteiger partial charge in [0.05, 0.1) is 25.7 Å². The molecule has 2 fully saturated rings. The van der Waals surface area contributed by atoms with Crippen molar-refractivity contribution in [3.05, 3.63) is 82.5 Å². The van der Waals surface area contributed by atoms with Crippen molar-refractivity contribution in [3.8, 4) is 0 Å². The highest BCUT2D eigenvalue weighted by Crippen LogP contribution is 2.22. The van der Waals surface area contributed by atoms with Crippen LogP contribution in [0.1, 0.15) is 88.9 Å². The standard InChI is InChI=1S/C37H46N6O7/c1-22(2)30(32(44)33-38-29(50-41-33)21-25-9-6-8-24(5)20-25)39-35(46)28-10-7-15-43(28)37(48)31(23(3)4)40-34(45)26-11-13-27(14-12-26)36(47)42-16-18-49-19-17-42/h6,8-9,11-14,20,22-23,28,30-31H,7,10,15-19,21H2,1-5H3,(H,39,46)(H,40,45)/t28-,30-,31-/m0/s1. The normalized spacial score (nSPS) is 17.5. The third kappa shape index (κ3) is 8.62. The molecular formula is C37H46N6O7. The van der Waals surface area contributed by atoms with E-state index in [2.05, 4.69) is 20.8 Å². The van der Waals surface area contributed by atoms with Gasteiger partial charge in [0.1, 0.15) is 12.1 Å². The number of nitrogens with zero attached hydrogens (tertiary/aromatic N) is 4. The van der Waals surface area contributed by atoms with E-state index in [9.17, 15) is 24.0 Å². The van der Waals surface area contributed by atoms with Gasteiger partial charge < -0.3 is 29.7 Å². The average molecular weight is 687 g/mol. The van der Waals surface area contributed by atoms with E-state index in [4.69, 9.17) is 9.26 Å². The van der Waals surface area contributed by atoms with E-state index in [1.54, 1.807) is 29.2 Å². The molecule has 4 amide bonds. The van der Waals surface area contributed by atoms with E-state index in [0.29, 0.717) is 69.1 Å². The number of morpholine rings is 1. The third-order valence-electron chi connectivity index (χ3n) is 9.12. The minimum Gasteiger partial charge on any atom is -0.378 e. The first-order valence-electron chi connectivity index (χ1n) is 17.2. The second kappa shape index (κ2) is 16.2. The predicted octanol–water partition coefficient (Wildman–Crippen LogP) is 3.21. The third-order valence-corrected chi connectivity index (χ3v) is 9.12. The lowest BCUT2D eigenvalue weighted by Crippen LogP contribution is -2.57. The molecule has 2 aliphatic heterocycles. The summed E-state index contributed by atoms with van der Waals surface area (Å²) < 4.78 is 10.7. The lowest BCUT2D eigenvalue weighted by molar-refractivity contribution is -0.140. The van der Waals surface area contributed by atoms with Gasteiger partial charge in [0.2, 0.25) is 29.3 Å². The van der Waals surface area contributed by atoms with Gasteiger partial charge in [-0.2, -0.15) is 4.98 Å². The van der Waals surface area contributed by atoms with Crippen LogP contribution in [0.5, 0.6) is 0 Å². The quantitative estimate of drug-likeness (QED) is 0.272. The van der Waals surface area contributed by atoms with Crippen molar-refractivity contribution < 1.29 is 33.2 Å². The van der Waals surface area contributed by atoms with Crippen LogP contribution in [0.25, 0.3) is 0 Å². The number of amides is 4. The van der Waals surface area contributed by atoms with E-state index in [1.165, 1.54) is 4.90 Å². The Hall–Kier alpha value is -4.91. The van der Waals surface area contributed by atoms with E-state index < -0.39 is 35.7 Å². The maximum atomic E-state index is 13.9. The molecule has 2 aromatic carbocycles. The summed E-state index contributed by atoms with van der Waals surface area (Å²) in [4.78, 5) is 74.7. The highest BCUT2D eigenvalue weighted by Gasteiger charge is 2.40. The molecule has 2 aliphatic rings. The van der Waals surface area contributed by atoms with Crippen LogP contribution in [0.3, 0.4) is 0 Å². The van der Waals surface area contributed by atoms with Gasteiger partial charge in [0.25, 0.3) is 11.8 Å². The summed E-state index contributed by atoms with van der Waals surface area (Å²) in [7, 11) is 0. The monoisotopic (exact) mass is 686 g/mol. The molecule has 3 aromatic rings. The molecule has 13 nitrogen and oxygen atoms in total. The van der Waals surface area contributed by atoms with Crippen molar-refractivity contribution in [1.29, 1.82) is 0 Å². The SMILES string of the molecule is Cc1cccc(Cc2nc(C(=O)[C@@H](NC(=O)[C@@H]3CCCN3C(=O)[C@@H](NC(=O)c3ccc(C(=O)N4CCOCC4)cc3)C(C)C)C(C)C)no2)c1. The second-order valence-corrected chi connectivity index (χ2v) is 13.6. The highest BCUT2D eigenvalue weighted by molar-refractivity contribution is 6.02. The van der Waals surface area contributed by atoms with Crippen molar-refractivity contribution in [2.75, 3.05) is 32.8 Å². The van der Waals surface area contributed by atoms with Crippen molar-refractivity contribution in [2.45, 2.75) is 72.0 Å². The van der Waals surface area contributed by atoms with Crippen molar-refractivity contribution in [3.63, 3.8) is 0 Å². The minimum atomic E-state index is -0.942. The first kappa shape index (κ1) is 36.4. The first-order valence-corrected chi connectivity index (χ1v) is 17.2. The van der Waals surface area contributed by atoms with Crippen LogP contribution in [-0.4, -0.2) is 100 Å². The van der Waals surface area contributed by atoms with Gasteiger partial charge in [-0.15, -0.1) is 0 Å². The number of likely N-dealkylation sites (tertiary alicyclic amines) is 1. The van der Waals surface area contributed by atoms with Gasteiger partial charge in [0.15, 0.2) is 0 Å². The number of carbonyl (C=O) groups is 5. The summed E-state index contributed by atoms with van der Waals surface area (Å²) in [6.45, 7) is 11.6. The lowest BCUT2D eigenvalue weighted by atomic mass is 9.98. The Balaban J connectivity index is 1.22. The Morgan fingerprint density at radius 2 is 1.56 bits per heavy atom. The fourth-order valence-corrected chi connectivity index (χ4v) is 6.28. The average Bonchev–Trinajstić information content (AvgIpc) is 3.79. The van der Waals surface area contributed by atoms with Crippen LogP contribution in [-0.2, 0) is 20.7 Å². The number of ketones is 1. The Kier molecular flexibility index (Phi) is 11.8. The van der Waals surface area contributed by atoms with Gasteiger partial charge in [0, 0.05) is 30.8 Å². The maximum Gasteiger partial charge on any atom is 0.254 e. The molecule has 0 aliphatic carbocycles. The second-order valence-electron chi connectivity index (χ2n) is 13.6. The fourth-order valence-electron chi connectivity index (χ4n) is 6.28. The molecule has 0 unspecified atom stereocenters. The summed E-state index contributed by atoms with van der Waals surface area (Å²) in [6, 6.07) is 11.5. The zero-order chi connectivity index (χ0) is 35.9. The fraction of sp³-hybridized carbons (Fsp3) is 0.486. The number of carbonyl (C=O) groups excluding carboxylic acids is 5. The smallest absolute Gasteiger partial charge is 0.254 e. The zero-order valence-corrected chi connectivity index (χ0v) is 29.3. The van der Waals surface area contributed by atoms with Gasteiger partial charge >= 0.3 is 0 Å². The minimum absolute atomic E-state index is 0.118. The van der Waals surface area contributed by atoms with Crippen molar-refractivity contribution in [2.24, 2.45) is 11.8 Å².